The summed E-state index contributed by atoms with van der Waals surface area (Å²) in [5.74, 6) is -1.37. The smallest absolute Gasteiger partial charge is 0.354 e. The van der Waals surface area contributed by atoms with Gasteiger partial charge in [-0.25, -0.2) is 14.8 Å². The molecule has 0 saturated carbocycles. The highest BCUT2D eigenvalue weighted by molar-refractivity contribution is 7.13. The van der Waals surface area contributed by atoms with Crippen LogP contribution < -0.4 is 5.43 Å². The van der Waals surface area contributed by atoms with Crippen LogP contribution in [0.25, 0.3) is 11.3 Å². The largest absolute Gasteiger partial charge is 0.477 e. The number of hydrogen-bond acceptors (Lipinski definition) is 8. The number of nitrogens with one attached hydrogen (secondary N) is 1. The lowest BCUT2D eigenvalue weighted by Gasteiger charge is -2.02. The molecule has 0 bridgehead atoms. The van der Waals surface area contributed by atoms with Crippen molar-refractivity contribution in [3.05, 3.63) is 64.8 Å². The van der Waals surface area contributed by atoms with Crippen LogP contribution in [0.5, 0.6) is 0 Å². The molecule has 0 radical (unpaired) electrons. The normalized spacial score (nSPS) is 10.8. The number of thiazole rings is 1. The van der Waals surface area contributed by atoms with Gasteiger partial charge in [-0.1, -0.05) is 30.3 Å². The zero-order valence-corrected chi connectivity index (χ0v) is 16.3. The third kappa shape index (κ3) is 5.69. The van der Waals surface area contributed by atoms with E-state index in [1.54, 1.807) is 30.7 Å². The first-order chi connectivity index (χ1) is 14.0. The maximum atomic E-state index is 11.5. The Bertz CT molecular complexity index is 1030. The van der Waals surface area contributed by atoms with Crippen molar-refractivity contribution >= 4 is 34.6 Å². The van der Waals surface area contributed by atoms with Crippen LogP contribution in [0, 0.1) is 0 Å². The fourth-order valence-electron chi connectivity index (χ4n) is 2.42. The van der Waals surface area contributed by atoms with Gasteiger partial charge in [-0.3, -0.25) is 10.2 Å². The summed E-state index contributed by atoms with van der Waals surface area (Å²) in [6, 6.07) is 12.3. The second-order valence-electron chi connectivity index (χ2n) is 5.83. The summed E-state index contributed by atoms with van der Waals surface area (Å²) >= 11 is 1.35. The molecular weight excluding hydrogens is 392 g/mol. The number of hydrazone groups is 1. The SMILES string of the molecule is CCOC(=O)Cc1csc(NN=Cc2ccc(-c3cccc(C(=O)O)n3)cc2)n1. The Labute approximate surface area is 170 Å². The van der Waals surface area contributed by atoms with E-state index < -0.39 is 5.97 Å². The molecule has 0 amide bonds. The molecule has 0 saturated heterocycles. The molecule has 8 nitrogen and oxygen atoms in total. The predicted molar refractivity (Wildman–Crippen MR) is 110 cm³/mol. The first-order valence-electron chi connectivity index (χ1n) is 8.75. The van der Waals surface area contributed by atoms with Crippen LogP contribution in [0.3, 0.4) is 0 Å². The van der Waals surface area contributed by atoms with Gasteiger partial charge in [0, 0.05) is 10.9 Å². The highest BCUT2D eigenvalue weighted by Crippen LogP contribution is 2.18. The number of esters is 1. The van der Waals surface area contributed by atoms with E-state index in [4.69, 9.17) is 9.84 Å². The van der Waals surface area contributed by atoms with Crippen LogP contribution in [0.2, 0.25) is 0 Å². The minimum Gasteiger partial charge on any atom is -0.477 e. The summed E-state index contributed by atoms with van der Waals surface area (Å²) in [5.41, 5.74) is 5.71. The van der Waals surface area contributed by atoms with E-state index >= 15 is 0 Å². The third-order valence-electron chi connectivity index (χ3n) is 3.73. The van der Waals surface area contributed by atoms with Crippen molar-refractivity contribution in [2.75, 3.05) is 12.0 Å². The molecule has 0 spiro atoms. The number of aromatic nitrogens is 2. The number of pyridine rings is 1. The highest BCUT2D eigenvalue weighted by atomic mass is 32.1. The Morgan fingerprint density at radius 1 is 1.21 bits per heavy atom. The topological polar surface area (TPSA) is 114 Å². The van der Waals surface area contributed by atoms with Crippen LogP contribution in [-0.4, -0.2) is 39.8 Å². The molecule has 3 aromatic rings. The maximum Gasteiger partial charge on any atom is 0.354 e. The number of nitrogens with zero attached hydrogens (tertiary/aromatic N) is 3. The molecule has 0 aliphatic carbocycles. The van der Waals surface area contributed by atoms with Crippen LogP contribution >= 0.6 is 11.3 Å². The summed E-state index contributed by atoms with van der Waals surface area (Å²) in [4.78, 5) is 30.9. The quantitative estimate of drug-likeness (QED) is 0.332. The Morgan fingerprint density at radius 2 is 2.00 bits per heavy atom. The molecule has 148 valence electrons. The molecule has 3 rings (SSSR count). The monoisotopic (exact) mass is 410 g/mol. The van der Waals surface area contributed by atoms with Crippen LogP contribution in [-0.2, 0) is 16.0 Å². The molecule has 0 atom stereocenters. The number of carbonyl (C=O) groups excluding carboxylic acids is 1. The van der Waals surface area contributed by atoms with Gasteiger partial charge in [0.25, 0.3) is 0 Å². The van der Waals surface area contributed by atoms with Gasteiger partial charge in [0.05, 0.1) is 30.6 Å². The molecule has 0 fully saturated rings. The Morgan fingerprint density at radius 3 is 2.72 bits per heavy atom. The van der Waals surface area contributed by atoms with Crippen molar-refractivity contribution in [1.82, 2.24) is 9.97 Å². The maximum absolute atomic E-state index is 11.5. The van der Waals surface area contributed by atoms with Gasteiger partial charge in [-0.2, -0.15) is 5.10 Å². The van der Waals surface area contributed by atoms with Gasteiger partial charge in [0.1, 0.15) is 5.69 Å². The van der Waals surface area contributed by atoms with Crippen molar-refractivity contribution in [2.45, 2.75) is 13.3 Å². The average molecular weight is 410 g/mol. The zero-order valence-electron chi connectivity index (χ0n) is 15.5. The van der Waals surface area contributed by atoms with E-state index in [0.29, 0.717) is 23.1 Å². The summed E-state index contributed by atoms with van der Waals surface area (Å²) in [6.45, 7) is 2.11. The fraction of sp³-hybridized carbons (Fsp3) is 0.150. The molecule has 0 aliphatic heterocycles. The first-order valence-corrected chi connectivity index (χ1v) is 9.63. The van der Waals surface area contributed by atoms with Crippen molar-refractivity contribution in [1.29, 1.82) is 0 Å². The zero-order chi connectivity index (χ0) is 20.6. The Balaban J connectivity index is 1.59. The number of hydrogen-bond donors (Lipinski definition) is 2. The van der Waals surface area contributed by atoms with E-state index in [1.807, 2.05) is 24.3 Å². The minimum absolute atomic E-state index is 0.00288. The lowest BCUT2D eigenvalue weighted by molar-refractivity contribution is -0.142. The molecule has 2 N–H and O–H groups in total. The second kappa shape index (κ2) is 9.56. The van der Waals surface area contributed by atoms with Gasteiger partial charge in [-0.05, 0) is 24.6 Å². The van der Waals surface area contributed by atoms with E-state index in [-0.39, 0.29) is 18.1 Å². The third-order valence-corrected chi connectivity index (χ3v) is 4.53. The number of ether oxygens (including phenoxy) is 1. The number of carboxylic acid groups (broad SMARTS) is 1. The molecule has 0 aliphatic rings. The van der Waals surface area contributed by atoms with Crippen LogP contribution in [0.15, 0.2) is 52.9 Å². The minimum atomic E-state index is -1.06. The van der Waals surface area contributed by atoms with E-state index in [1.165, 1.54) is 17.4 Å². The van der Waals surface area contributed by atoms with Gasteiger partial charge in [0.2, 0.25) is 5.13 Å². The van der Waals surface area contributed by atoms with E-state index in [0.717, 1.165) is 11.1 Å². The number of rotatable bonds is 8. The van der Waals surface area contributed by atoms with Gasteiger partial charge in [-0.15, -0.1) is 11.3 Å². The van der Waals surface area contributed by atoms with Crippen molar-refractivity contribution < 1.29 is 19.4 Å². The first kappa shape index (κ1) is 20.2. The van der Waals surface area contributed by atoms with Crippen molar-refractivity contribution in [3.63, 3.8) is 0 Å². The lowest BCUT2D eigenvalue weighted by atomic mass is 10.1. The van der Waals surface area contributed by atoms with Crippen molar-refractivity contribution in [2.24, 2.45) is 5.10 Å². The summed E-state index contributed by atoms with van der Waals surface area (Å²) in [7, 11) is 0. The number of benzene rings is 1. The molecule has 9 heteroatoms. The van der Waals surface area contributed by atoms with Gasteiger partial charge in [0.15, 0.2) is 0 Å². The summed E-state index contributed by atoms with van der Waals surface area (Å²) < 4.78 is 4.90. The van der Waals surface area contributed by atoms with E-state index in [2.05, 4.69) is 20.5 Å². The second-order valence-corrected chi connectivity index (χ2v) is 6.69. The number of anilines is 1. The molecule has 1 aromatic carbocycles. The van der Waals surface area contributed by atoms with E-state index in [9.17, 15) is 9.59 Å². The lowest BCUT2D eigenvalue weighted by Crippen LogP contribution is -2.07. The highest BCUT2D eigenvalue weighted by Gasteiger charge is 2.08. The molecule has 29 heavy (non-hydrogen) atoms. The number of carbonyl (C=O) groups is 2. The number of carboxylic acids is 1. The average Bonchev–Trinajstić information content (AvgIpc) is 3.16. The Hall–Kier alpha value is -3.59. The predicted octanol–water partition coefficient (Wildman–Crippen LogP) is 3.45. The molecule has 2 heterocycles. The fourth-order valence-corrected chi connectivity index (χ4v) is 3.08. The molecule has 0 unspecified atom stereocenters. The number of aromatic carboxylic acids is 1. The van der Waals surface area contributed by atoms with Crippen LogP contribution in [0.4, 0.5) is 5.13 Å². The summed E-state index contributed by atoms with van der Waals surface area (Å²) in [5, 5.41) is 15.5. The molecular formula is C20H18N4O4S. The van der Waals surface area contributed by atoms with Gasteiger partial charge >= 0.3 is 11.9 Å². The Kier molecular flexibility index (Phi) is 6.64. The van der Waals surface area contributed by atoms with Crippen LogP contribution in [0.1, 0.15) is 28.7 Å². The van der Waals surface area contributed by atoms with Crippen molar-refractivity contribution in [3.8, 4) is 11.3 Å². The molecule has 2 aromatic heterocycles. The van der Waals surface area contributed by atoms with Gasteiger partial charge < -0.3 is 9.84 Å². The standard InChI is InChI=1S/C20H18N4O4S/c1-2-28-18(25)10-15-12-29-20(22-15)24-21-11-13-6-8-14(9-7-13)16-4-3-5-17(23-16)19(26)27/h3-9,11-12H,2,10H2,1H3,(H,22,24)(H,26,27). The summed E-state index contributed by atoms with van der Waals surface area (Å²) in [6.07, 6.45) is 1.77.